The van der Waals surface area contributed by atoms with Gasteiger partial charge < -0.3 is 4.74 Å². The highest BCUT2D eigenvalue weighted by Crippen LogP contribution is 2.29. The van der Waals surface area contributed by atoms with Crippen molar-refractivity contribution < 1.29 is 9.53 Å². The Morgan fingerprint density at radius 2 is 2.00 bits per heavy atom. The number of thioether (sulfide) groups is 1. The molecular formula is C19H28O2S. The van der Waals surface area contributed by atoms with Crippen molar-refractivity contribution in [1.29, 1.82) is 0 Å². The van der Waals surface area contributed by atoms with Crippen LogP contribution in [-0.4, -0.2) is 23.4 Å². The number of hydrogen-bond donors (Lipinski definition) is 0. The number of benzene rings is 1. The molecule has 1 aliphatic rings. The van der Waals surface area contributed by atoms with E-state index in [1.165, 1.54) is 32.1 Å². The average Bonchev–Trinajstić information content (AvgIpc) is 2.52. The minimum atomic E-state index is 0.245. The van der Waals surface area contributed by atoms with Crippen LogP contribution in [-0.2, 0) is 0 Å². The Labute approximate surface area is 139 Å². The molecule has 2 nitrogen and oxygen atoms in total. The highest BCUT2D eigenvalue weighted by Gasteiger charge is 2.16. The summed E-state index contributed by atoms with van der Waals surface area (Å²) in [6.07, 6.45) is 6.57. The fraction of sp³-hybridized carbons (Fsp3) is 0.632. The summed E-state index contributed by atoms with van der Waals surface area (Å²) in [5.41, 5.74) is 1.87. The predicted molar refractivity (Wildman–Crippen MR) is 95.2 cm³/mol. The molecule has 1 aromatic rings. The number of Topliss-reactive ketones (excluding diaryl/α,β-unsaturated/α-hetero) is 1. The lowest BCUT2D eigenvalue weighted by Crippen LogP contribution is -2.12. The van der Waals surface area contributed by atoms with Gasteiger partial charge in [0.1, 0.15) is 5.75 Å². The molecule has 0 bridgehead atoms. The second-order valence-corrected chi connectivity index (χ2v) is 7.97. The van der Waals surface area contributed by atoms with E-state index < -0.39 is 0 Å². The van der Waals surface area contributed by atoms with E-state index in [4.69, 9.17) is 4.74 Å². The van der Waals surface area contributed by atoms with Gasteiger partial charge in [-0.1, -0.05) is 33.1 Å². The van der Waals surface area contributed by atoms with Gasteiger partial charge in [0.2, 0.25) is 0 Å². The highest BCUT2D eigenvalue weighted by molar-refractivity contribution is 8.00. The molecule has 122 valence electrons. The summed E-state index contributed by atoms with van der Waals surface area (Å²) in [6, 6.07) is 5.82. The Bertz CT molecular complexity index is 490. The molecule has 0 amide bonds. The summed E-state index contributed by atoms with van der Waals surface area (Å²) in [7, 11) is 0. The Balaban J connectivity index is 1.88. The first-order valence-electron chi connectivity index (χ1n) is 8.44. The summed E-state index contributed by atoms with van der Waals surface area (Å²) >= 11 is 1.84. The van der Waals surface area contributed by atoms with Crippen molar-refractivity contribution in [1.82, 2.24) is 0 Å². The minimum Gasteiger partial charge on any atom is -0.493 e. The molecule has 0 aliphatic heterocycles. The molecule has 0 atom stereocenters. The van der Waals surface area contributed by atoms with E-state index in [1.54, 1.807) is 0 Å². The lowest BCUT2D eigenvalue weighted by molar-refractivity contribution is 0.102. The van der Waals surface area contributed by atoms with Gasteiger partial charge in [-0.25, -0.2) is 0 Å². The van der Waals surface area contributed by atoms with Gasteiger partial charge in [0.05, 0.1) is 12.4 Å². The van der Waals surface area contributed by atoms with Crippen molar-refractivity contribution in [2.45, 2.75) is 58.1 Å². The maximum absolute atomic E-state index is 12.4. The van der Waals surface area contributed by atoms with Crippen molar-refractivity contribution in [2.24, 2.45) is 5.92 Å². The van der Waals surface area contributed by atoms with Gasteiger partial charge in [-0.3, -0.25) is 4.79 Å². The molecule has 22 heavy (non-hydrogen) atoms. The Hall–Kier alpha value is -0.960. The third-order valence-corrected chi connectivity index (χ3v) is 5.44. The third kappa shape index (κ3) is 5.35. The van der Waals surface area contributed by atoms with Crippen LogP contribution in [0, 0.1) is 12.8 Å². The Kier molecular flexibility index (Phi) is 6.81. The van der Waals surface area contributed by atoms with Gasteiger partial charge in [-0.15, -0.1) is 0 Å². The van der Waals surface area contributed by atoms with Crippen molar-refractivity contribution in [3.05, 3.63) is 29.3 Å². The molecule has 0 unspecified atom stereocenters. The van der Waals surface area contributed by atoms with E-state index in [0.717, 1.165) is 16.9 Å². The first kappa shape index (κ1) is 17.4. The van der Waals surface area contributed by atoms with E-state index in [1.807, 2.05) is 36.9 Å². The topological polar surface area (TPSA) is 26.3 Å². The molecule has 0 aromatic heterocycles. The molecule has 0 N–H and O–H groups in total. The maximum Gasteiger partial charge on any atom is 0.172 e. The molecule has 0 radical (unpaired) electrons. The van der Waals surface area contributed by atoms with Crippen molar-refractivity contribution in [3.8, 4) is 5.75 Å². The number of hydrogen-bond acceptors (Lipinski definition) is 3. The molecule has 3 heteroatoms. The number of aryl methyl sites for hydroxylation is 1. The van der Waals surface area contributed by atoms with E-state index in [0.29, 0.717) is 23.5 Å². The average molecular weight is 320 g/mol. The van der Waals surface area contributed by atoms with E-state index >= 15 is 0 Å². The summed E-state index contributed by atoms with van der Waals surface area (Å²) in [4.78, 5) is 12.4. The largest absolute Gasteiger partial charge is 0.493 e. The van der Waals surface area contributed by atoms with Gasteiger partial charge >= 0.3 is 0 Å². The van der Waals surface area contributed by atoms with Gasteiger partial charge in [-0.2, -0.15) is 11.8 Å². The summed E-state index contributed by atoms with van der Waals surface area (Å²) in [5, 5.41) is 0.687. The van der Waals surface area contributed by atoms with E-state index in [-0.39, 0.29) is 5.78 Å². The summed E-state index contributed by atoms with van der Waals surface area (Å²) in [5.74, 6) is 2.25. The van der Waals surface area contributed by atoms with Crippen molar-refractivity contribution in [2.75, 3.05) is 12.4 Å². The second kappa shape index (κ2) is 8.61. The number of rotatable bonds is 7. The lowest BCUT2D eigenvalue weighted by atomic mass is 10.0. The maximum atomic E-state index is 12.4. The van der Waals surface area contributed by atoms with Crippen LogP contribution >= 0.6 is 11.8 Å². The zero-order chi connectivity index (χ0) is 15.9. The number of carbonyl (C=O) groups excluding carboxylic acids is 1. The molecule has 0 spiro atoms. The smallest absolute Gasteiger partial charge is 0.172 e. The molecule has 1 saturated carbocycles. The van der Waals surface area contributed by atoms with Crippen LogP contribution in [0.4, 0.5) is 0 Å². The number of ketones is 1. The van der Waals surface area contributed by atoms with Crippen LogP contribution in [0.3, 0.4) is 0 Å². The van der Waals surface area contributed by atoms with Crippen LogP contribution in [0.15, 0.2) is 18.2 Å². The van der Waals surface area contributed by atoms with Gasteiger partial charge in [-0.05, 0) is 49.4 Å². The van der Waals surface area contributed by atoms with Crippen LogP contribution in [0.25, 0.3) is 0 Å². The molecule has 0 heterocycles. The quantitative estimate of drug-likeness (QED) is 0.639. The van der Waals surface area contributed by atoms with Crippen LogP contribution in [0.1, 0.15) is 61.9 Å². The highest BCUT2D eigenvalue weighted by atomic mass is 32.2. The fourth-order valence-electron chi connectivity index (χ4n) is 2.75. The SMILES string of the molecule is Cc1cc(C(=O)CSC2CCCCC2)ccc1OCC(C)C. The van der Waals surface area contributed by atoms with Gasteiger partial charge in [0.15, 0.2) is 5.78 Å². The Morgan fingerprint density at radius 1 is 1.27 bits per heavy atom. The van der Waals surface area contributed by atoms with Gasteiger partial charge in [0, 0.05) is 10.8 Å². The second-order valence-electron chi connectivity index (χ2n) is 6.68. The van der Waals surface area contributed by atoms with Gasteiger partial charge in [0.25, 0.3) is 0 Å². The van der Waals surface area contributed by atoms with Crippen LogP contribution in [0.5, 0.6) is 5.75 Å². The Morgan fingerprint density at radius 3 is 2.64 bits per heavy atom. The van der Waals surface area contributed by atoms with Crippen LogP contribution < -0.4 is 4.74 Å². The number of carbonyl (C=O) groups is 1. The van der Waals surface area contributed by atoms with E-state index in [2.05, 4.69) is 13.8 Å². The van der Waals surface area contributed by atoms with E-state index in [9.17, 15) is 4.79 Å². The monoisotopic (exact) mass is 320 g/mol. The van der Waals surface area contributed by atoms with Crippen LogP contribution in [0.2, 0.25) is 0 Å². The molecule has 1 aliphatic carbocycles. The predicted octanol–water partition coefficient (Wildman–Crippen LogP) is 5.28. The lowest BCUT2D eigenvalue weighted by Gasteiger charge is -2.20. The third-order valence-electron chi connectivity index (χ3n) is 4.07. The summed E-state index contributed by atoms with van der Waals surface area (Å²) in [6.45, 7) is 7.00. The van der Waals surface area contributed by atoms with Crippen molar-refractivity contribution >= 4 is 17.5 Å². The van der Waals surface area contributed by atoms with Crippen molar-refractivity contribution in [3.63, 3.8) is 0 Å². The minimum absolute atomic E-state index is 0.245. The zero-order valence-corrected chi connectivity index (χ0v) is 14.9. The molecule has 1 aromatic carbocycles. The standard InChI is InChI=1S/C19H28O2S/c1-14(2)12-21-19-10-9-16(11-15(19)3)18(20)13-22-17-7-5-4-6-8-17/h9-11,14,17H,4-8,12-13H2,1-3H3. The molecule has 2 rings (SSSR count). The molecular weight excluding hydrogens is 292 g/mol. The first-order valence-corrected chi connectivity index (χ1v) is 9.49. The first-order chi connectivity index (χ1) is 10.6. The fourth-order valence-corrected chi connectivity index (χ4v) is 3.97. The molecule has 0 saturated heterocycles. The summed E-state index contributed by atoms with van der Waals surface area (Å²) < 4.78 is 5.77. The normalized spacial score (nSPS) is 16.0. The number of ether oxygens (including phenoxy) is 1. The zero-order valence-electron chi connectivity index (χ0n) is 14.1. The molecule has 1 fully saturated rings.